The first-order chi connectivity index (χ1) is 9.97. The van der Waals surface area contributed by atoms with Crippen molar-refractivity contribution in [1.29, 1.82) is 0 Å². The van der Waals surface area contributed by atoms with Gasteiger partial charge in [-0.3, -0.25) is 0 Å². The number of carbonyl (C=O) groups is 2. The summed E-state index contributed by atoms with van der Waals surface area (Å²) < 4.78 is 5.59. The van der Waals surface area contributed by atoms with Crippen LogP contribution < -0.4 is 5.32 Å². The number of morpholine rings is 1. The van der Waals surface area contributed by atoms with Crippen molar-refractivity contribution < 1.29 is 19.4 Å². The molecular formula is C14H25N3O4. The molecule has 0 aromatic rings. The molecule has 0 aliphatic carbocycles. The van der Waals surface area contributed by atoms with Gasteiger partial charge in [0.05, 0.1) is 12.7 Å². The molecule has 7 heteroatoms. The van der Waals surface area contributed by atoms with Crippen LogP contribution in [0.25, 0.3) is 0 Å². The first kappa shape index (κ1) is 16.0. The van der Waals surface area contributed by atoms with Crippen molar-refractivity contribution in [3.63, 3.8) is 0 Å². The SMILES string of the molecule is CC1CCN(C(=O)NCC2CN(C)CCO2)C(C(=O)O)C1. The predicted molar refractivity (Wildman–Crippen MR) is 77.2 cm³/mol. The summed E-state index contributed by atoms with van der Waals surface area (Å²) in [6, 6.07) is -1.02. The monoisotopic (exact) mass is 299 g/mol. The zero-order valence-corrected chi connectivity index (χ0v) is 12.7. The van der Waals surface area contributed by atoms with E-state index >= 15 is 0 Å². The number of carboxylic acids is 1. The molecule has 2 saturated heterocycles. The van der Waals surface area contributed by atoms with Gasteiger partial charge in [0.2, 0.25) is 0 Å². The number of rotatable bonds is 3. The Bertz CT molecular complexity index is 390. The van der Waals surface area contributed by atoms with Gasteiger partial charge >= 0.3 is 12.0 Å². The molecule has 2 N–H and O–H groups in total. The Morgan fingerprint density at radius 3 is 2.81 bits per heavy atom. The molecule has 0 radical (unpaired) electrons. The maximum absolute atomic E-state index is 12.2. The van der Waals surface area contributed by atoms with Gasteiger partial charge in [-0.05, 0) is 25.8 Å². The molecule has 21 heavy (non-hydrogen) atoms. The number of nitrogens with one attached hydrogen (secondary N) is 1. The molecule has 2 aliphatic rings. The molecule has 3 unspecified atom stereocenters. The summed E-state index contributed by atoms with van der Waals surface area (Å²) in [6.07, 6.45) is 1.34. The molecule has 0 saturated carbocycles. The normalized spacial score (nSPS) is 31.0. The lowest BCUT2D eigenvalue weighted by atomic mass is 9.93. The molecule has 2 rings (SSSR count). The van der Waals surface area contributed by atoms with E-state index in [1.165, 1.54) is 4.90 Å². The van der Waals surface area contributed by atoms with Gasteiger partial charge in [0.1, 0.15) is 6.04 Å². The van der Waals surface area contributed by atoms with Crippen LogP contribution in [0.2, 0.25) is 0 Å². The number of amides is 2. The van der Waals surface area contributed by atoms with Crippen molar-refractivity contribution in [2.24, 2.45) is 5.92 Å². The molecule has 0 aromatic carbocycles. The smallest absolute Gasteiger partial charge is 0.326 e. The molecule has 7 nitrogen and oxygen atoms in total. The number of likely N-dealkylation sites (tertiary alicyclic amines) is 1. The van der Waals surface area contributed by atoms with Crippen LogP contribution in [-0.4, -0.2) is 78.9 Å². The minimum absolute atomic E-state index is 0.0281. The van der Waals surface area contributed by atoms with Crippen LogP contribution in [0, 0.1) is 5.92 Å². The molecular weight excluding hydrogens is 274 g/mol. The summed E-state index contributed by atoms with van der Waals surface area (Å²) in [6.45, 7) is 5.28. The van der Waals surface area contributed by atoms with Crippen LogP contribution in [0.1, 0.15) is 19.8 Å². The molecule has 2 fully saturated rings. The highest BCUT2D eigenvalue weighted by Crippen LogP contribution is 2.22. The Balaban J connectivity index is 1.85. The number of hydrogen-bond acceptors (Lipinski definition) is 4. The molecule has 2 amide bonds. The lowest BCUT2D eigenvalue weighted by molar-refractivity contribution is -0.143. The molecule has 0 spiro atoms. The summed E-state index contributed by atoms with van der Waals surface area (Å²) in [5.74, 6) is -0.587. The van der Waals surface area contributed by atoms with E-state index in [-0.39, 0.29) is 12.1 Å². The van der Waals surface area contributed by atoms with Gasteiger partial charge in [-0.25, -0.2) is 9.59 Å². The first-order valence-electron chi connectivity index (χ1n) is 7.54. The van der Waals surface area contributed by atoms with Gasteiger partial charge in [-0.15, -0.1) is 0 Å². The summed E-state index contributed by atoms with van der Waals surface area (Å²) in [4.78, 5) is 27.1. The van der Waals surface area contributed by atoms with Gasteiger partial charge in [0.25, 0.3) is 0 Å². The van der Waals surface area contributed by atoms with E-state index in [0.29, 0.717) is 32.0 Å². The van der Waals surface area contributed by atoms with Crippen LogP contribution >= 0.6 is 0 Å². The molecule has 3 atom stereocenters. The molecule has 0 bridgehead atoms. The Morgan fingerprint density at radius 2 is 2.14 bits per heavy atom. The van der Waals surface area contributed by atoms with E-state index < -0.39 is 12.0 Å². The van der Waals surface area contributed by atoms with E-state index in [9.17, 15) is 14.7 Å². The number of aliphatic carboxylic acids is 1. The number of likely N-dealkylation sites (N-methyl/N-ethyl adjacent to an activating group) is 1. The van der Waals surface area contributed by atoms with Crippen molar-refractivity contribution in [3.05, 3.63) is 0 Å². The largest absolute Gasteiger partial charge is 0.480 e. The van der Waals surface area contributed by atoms with Crippen molar-refractivity contribution in [1.82, 2.24) is 15.1 Å². The topological polar surface area (TPSA) is 82.1 Å². The average Bonchev–Trinajstić information content (AvgIpc) is 2.44. The maximum atomic E-state index is 12.2. The Labute approximate surface area is 125 Å². The van der Waals surface area contributed by atoms with Gasteiger partial charge in [0.15, 0.2) is 0 Å². The zero-order valence-electron chi connectivity index (χ0n) is 12.7. The van der Waals surface area contributed by atoms with Crippen molar-refractivity contribution in [2.75, 3.05) is 39.8 Å². The predicted octanol–water partition coefficient (Wildman–Crippen LogP) is 0.212. The summed E-state index contributed by atoms with van der Waals surface area (Å²) in [5.41, 5.74) is 0. The Morgan fingerprint density at radius 1 is 1.38 bits per heavy atom. The highest BCUT2D eigenvalue weighted by atomic mass is 16.5. The van der Waals surface area contributed by atoms with Gasteiger partial charge < -0.3 is 25.0 Å². The van der Waals surface area contributed by atoms with Gasteiger partial charge in [-0.2, -0.15) is 0 Å². The quantitative estimate of drug-likeness (QED) is 0.778. The lowest BCUT2D eigenvalue weighted by Crippen LogP contribution is -2.55. The molecule has 120 valence electrons. The van der Waals surface area contributed by atoms with Crippen molar-refractivity contribution in [2.45, 2.75) is 31.9 Å². The second kappa shape index (κ2) is 7.09. The van der Waals surface area contributed by atoms with Crippen LogP contribution in [0.15, 0.2) is 0 Å². The minimum atomic E-state index is -0.926. The number of nitrogens with zero attached hydrogens (tertiary/aromatic N) is 2. The fourth-order valence-electron chi connectivity index (χ4n) is 2.91. The van der Waals surface area contributed by atoms with Gasteiger partial charge in [-0.1, -0.05) is 6.92 Å². The second-order valence-electron chi connectivity index (χ2n) is 6.12. The van der Waals surface area contributed by atoms with E-state index in [4.69, 9.17) is 4.74 Å². The highest BCUT2D eigenvalue weighted by molar-refractivity contribution is 5.82. The standard InChI is InChI=1S/C14H25N3O4/c1-10-3-4-17(12(7-10)13(18)19)14(20)15-8-11-9-16(2)5-6-21-11/h10-12H,3-9H2,1-2H3,(H,15,20)(H,18,19). The van der Waals surface area contributed by atoms with Crippen LogP contribution in [0.5, 0.6) is 0 Å². The minimum Gasteiger partial charge on any atom is -0.480 e. The van der Waals surface area contributed by atoms with Crippen LogP contribution in [-0.2, 0) is 9.53 Å². The third kappa shape index (κ3) is 4.31. The average molecular weight is 299 g/mol. The molecule has 2 heterocycles. The van der Waals surface area contributed by atoms with Crippen LogP contribution in [0.3, 0.4) is 0 Å². The number of urea groups is 1. The fraction of sp³-hybridized carbons (Fsp3) is 0.857. The summed E-state index contributed by atoms with van der Waals surface area (Å²) in [5, 5.41) is 12.1. The summed E-state index contributed by atoms with van der Waals surface area (Å²) >= 11 is 0. The third-order valence-electron chi connectivity index (χ3n) is 4.23. The van der Waals surface area contributed by atoms with Crippen molar-refractivity contribution in [3.8, 4) is 0 Å². The molecule has 0 aromatic heterocycles. The summed E-state index contributed by atoms with van der Waals surface area (Å²) in [7, 11) is 2.02. The number of hydrogen-bond donors (Lipinski definition) is 2. The van der Waals surface area contributed by atoms with Crippen LogP contribution in [0.4, 0.5) is 4.79 Å². The molecule has 2 aliphatic heterocycles. The highest BCUT2D eigenvalue weighted by Gasteiger charge is 2.35. The fourth-order valence-corrected chi connectivity index (χ4v) is 2.91. The van der Waals surface area contributed by atoms with E-state index in [0.717, 1.165) is 19.5 Å². The second-order valence-corrected chi connectivity index (χ2v) is 6.12. The van der Waals surface area contributed by atoms with E-state index in [2.05, 4.69) is 10.2 Å². The number of ether oxygens (including phenoxy) is 1. The van der Waals surface area contributed by atoms with E-state index in [1.54, 1.807) is 0 Å². The lowest BCUT2D eigenvalue weighted by Gasteiger charge is -2.36. The van der Waals surface area contributed by atoms with E-state index in [1.807, 2.05) is 14.0 Å². The first-order valence-corrected chi connectivity index (χ1v) is 7.54. The Kier molecular flexibility index (Phi) is 5.41. The van der Waals surface area contributed by atoms with Crippen molar-refractivity contribution >= 4 is 12.0 Å². The zero-order chi connectivity index (χ0) is 15.4. The number of piperidine rings is 1. The van der Waals surface area contributed by atoms with Gasteiger partial charge in [0, 0.05) is 26.2 Å². The third-order valence-corrected chi connectivity index (χ3v) is 4.23. The Hall–Kier alpha value is -1.34. The maximum Gasteiger partial charge on any atom is 0.326 e. The number of carbonyl (C=O) groups excluding carboxylic acids is 1. The number of carboxylic acid groups (broad SMARTS) is 1.